The first kappa shape index (κ1) is 42.0. The minimum atomic E-state index is -0.466. The molecule has 15 rings (SSSR count). The third-order valence-corrected chi connectivity index (χ3v) is 15.7. The van der Waals surface area contributed by atoms with Gasteiger partial charge in [-0.15, -0.1) is 0 Å². The standard InChI is InChI=1S/C71H46N2O/c1-2-17-47(18-3-1)54-22-9-13-32-65(54)72-51-21-14-20-50(45-51)46-35-40-52(41-36-46)73(53-42-37-49(38-43-53)55-27-15-34-67-68(55)60-44-39-48-19-4-5-23-56(48)70(60)74-67)66-33-16-31-64-69(66)59-26-8-12-30-63(59)71(64)61-28-10-6-24-57(61)58-25-7-11-29-62(58)71/h1-45,72H. The van der Waals surface area contributed by atoms with Crippen LogP contribution in [0.1, 0.15) is 22.3 Å². The van der Waals surface area contributed by atoms with E-state index in [0.717, 1.165) is 78.0 Å². The molecule has 1 aromatic heterocycles. The van der Waals surface area contributed by atoms with E-state index in [-0.39, 0.29) is 0 Å². The minimum Gasteiger partial charge on any atom is -0.455 e. The summed E-state index contributed by atoms with van der Waals surface area (Å²) in [4.78, 5) is 2.47. The monoisotopic (exact) mass is 942 g/mol. The molecule has 0 radical (unpaired) electrons. The lowest BCUT2D eigenvalue weighted by molar-refractivity contribution is 0.673. The van der Waals surface area contributed by atoms with Gasteiger partial charge in [0.2, 0.25) is 0 Å². The van der Waals surface area contributed by atoms with Crippen molar-refractivity contribution in [1.82, 2.24) is 0 Å². The Morgan fingerprint density at radius 3 is 1.66 bits per heavy atom. The number of furan rings is 1. The summed E-state index contributed by atoms with van der Waals surface area (Å²) in [5.41, 5.74) is 24.0. The summed E-state index contributed by atoms with van der Waals surface area (Å²) in [7, 11) is 0. The fraction of sp³-hybridized carbons (Fsp3) is 0.0141. The van der Waals surface area contributed by atoms with Gasteiger partial charge in [-0.3, -0.25) is 0 Å². The summed E-state index contributed by atoms with van der Waals surface area (Å²) in [6, 6.07) is 99.5. The van der Waals surface area contributed by atoms with E-state index >= 15 is 0 Å². The van der Waals surface area contributed by atoms with Gasteiger partial charge in [-0.1, -0.05) is 212 Å². The molecule has 0 unspecified atom stereocenters. The third-order valence-electron chi connectivity index (χ3n) is 15.7. The molecule has 13 aromatic rings. The quantitative estimate of drug-likeness (QED) is 0.165. The van der Waals surface area contributed by atoms with Crippen LogP contribution >= 0.6 is 0 Å². The van der Waals surface area contributed by atoms with Gasteiger partial charge in [-0.2, -0.15) is 0 Å². The van der Waals surface area contributed by atoms with E-state index < -0.39 is 5.41 Å². The maximum absolute atomic E-state index is 6.64. The number of rotatable bonds is 8. The predicted octanol–water partition coefficient (Wildman–Crippen LogP) is 19.3. The molecule has 0 saturated heterocycles. The summed E-state index contributed by atoms with van der Waals surface area (Å²) in [5, 5.41) is 8.30. The van der Waals surface area contributed by atoms with Crippen molar-refractivity contribution in [2.75, 3.05) is 10.2 Å². The number of para-hydroxylation sites is 1. The highest BCUT2D eigenvalue weighted by Crippen LogP contribution is 2.64. The van der Waals surface area contributed by atoms with E-state index in [9.17, 15) is 0 Å². The second-order valence-corrected chi connectivity index (χ2v) is 19.6. The summed E-state index contributed by atoms with van der Waals surface area (Å²) < 4.78 is 6.64. The molecule has 74 heavy (non-hydrogen) atoms. The average Bonchev–Trinajstić information content (AvgIpc) is 4.14. The van der Waals surface area contributed by atoms with Crippen LogP contribution in [0.3, 0.4) is 0 Å². The van der Waals surface area contributed by atoms with E-state index in [1.807, 2.05) is 0 Å². The van der Waals surface area contributed by atoms with Crippen LogP contribution in [-0.2, 0) is 5.41 Å². The van der Waals surface area contributed by atoms with E-state index in [2.05, 4.69) is 283 Å². The van der Waals surface area contributed by atoms with Gasteiger partial charge in [-0.25, -0.2) is 0 Å². The fourth-order valence-electron chi connectivity index (χ4n) is 12.5. The Morgan fingerprint density at radius 2 is 0.905 bits per heavy atom. The molecule has 1 N–H and O–H groups in total. The van der Waals surface area contributed by atoms with Crippen LogP contribution in [0.25, 0.3) is 88.3 Å². The van der Waals surface area contributed by atoms with Crippen LogP contribution in [0.5, 0.6) is 0 Å². The Hall–Kier alpha value is -9.70. The second kappa shape index (κ2) is 16.7. The molecule has 2 aliphatic carbocycles. The molecule has 346 valence electrons. The van der Waals surface area contributed by atoms with Crippen molar-refractivity contribution in [3.05, 3.63) is 295 Å². The molecule has 0 bridgehead atoms. The Labute approximate surface area is 429 Å². The smallest absolute Gasteiger partial charge is 0.143 e. The zero-order chi connectivity index (χ0) is 48.7. The van der Waals surface area contributed by atoms with Crippen LogP contribution in [0.4, 0.5) is 28.4 Å². The molecular weight excluding hydrogens is 897 g/mol. The van der Waals surface area contributed by atoms with Gasteiger partial charge in [0.25, 0.3) is 0 Å². The number of hydrogen-bond acceptors (Lipinski definition) is 3. The second-order valence-electron chi connectivity index (χ2n) is 19.6. The van der Waals surface area contributed by atoms with E-state index in [1.54, 1.807) is 0 Å². The van der Waals surface area contributed by atoms with Gasteiger partial charge in [0.05, 0.1) is 11.1 Å². The van der Waals surface area contributed by atoms with Crippen molar-refractivity contribution in [2.24, 2.45) is 0 Å². The third kappa shape index (κ3) is 6.33. The van der Waals surface area contributed by atoms with Gasteiger partial charge in [-0.05, 0) is 133 Å². The Morgan fingerprint density at radius 1 is 0.351 bits per heavy atom. The lowest BCUT2D eigenvalue weighted by atomic mass is 9.70. The van der Waals surface area contributed by atoms with Gasteiger partial charge >= 0.3 is 0 Å². The van der Waals surface area contributed by atoms with Crippen LogP contribution < -0.4 is 10.2 Å². The van der Waals surface area contributed by atoms with E-state index in [0.29, 0.717) is 0 Å². The number of benzene rings is 12. The molecule has 0 aliphatic heterocycles. The predicted molar refractivity (Wildman–Crippen MR) is 308 cm³/mol. The van der Waals surface area contributed by atoms with Crippen molar-refractivity contribution >= 4 is 61.1 Å². The number of nitrogens with one attached hydrogen (secondary N) is 1. The number of anilines is 5. The first-order chi connectivity index (χ1) is 36.7. The van der Waals surface area contributed by atoms with Crippen LogP contribution in [0.2, 0.25) is 0 Å². The zero-order valence-electron chi connectivity index (χ0n) is 40.3. The van der Waals surface area contributed by atoms with Crippen molar-refractivity contribution in [3.63, 3.8) is 0 Å². The molecule has 3 heteroatoms. The van der Waals surface area contributed by atoms with Crippen LogP contribution in [-0.4, -0.2) is 0 Å². The summed E-state index contributed by atoms with van der Waals surface area (Å²) in [5.74, 6) is 0. The lowest BCUT2D eigenvalue weighted by Gasteiger charge is -2.32. The molecule has 3 nitrogen and oxygen atoms in total. The average molecular weight is 943 g/mol. The van der Waals surface area contributed by atoms with Gasteiger partial charge in [0, 0.05) is 50.0 Å². The molecule has 1 spiro atoms. The Balaban J connectivity index is 0.876. The van der Waals surface area contributed by atoms with Gasteiger partial charge in [0.15, 0.2) is 0 Å². The highest BCUT2D eigenvalue weighted by molar-refractivity contribution is 6.19. The Kier molecular flexibility index (Phi) is 9.48. The number of fused-ring (bicyclic) bond motifs is 15. The molecular formula is C71H46N2O. The topological polar surface area (TPSA) is 28.4 Å². The summed E-state index contributed by atoms with van der Waals surface area (Å²) in [6.45, 7) is 0. The number of nitrogens with zero attached hydrogens (tertiary/aromatic N) is 1. The largest absolute Gasteiger partial charge is 0.455 e. The zero-order valence-corrected chi connectivity index (χ0v) is 40.3. The van der Waals surface area contributed by atoms with Crippen LogP contribution in [0.15, 0.2) is 277 Å². The molecule has 0 amide bonds. The van der Waals surface area contributed by atoms with Crippen molar-refractivity contribution in [1.29, 1.82) is 0 Å². The lowest BCUT2D eigenvalue weighted by Crippen LogP contribution is -2.26. The molecule has 0 saturated carbocycles. The highest BCUT2D eigenvalue weighted by Gasteiger charge is 2.52. The van der Waals surface area contributed by atoms with Crippen molar-refractivity contribution in [2.45, 2.75) is 5.41 Å². The van der Waals surface area contributed by atoms with Crippen LogP contribution in [0, 0.1) is 0 Å². The summed E-state index contributed by atoms with van der Waals surface area (Å²) >= 11 is 0. The normalized spacial score (nSPS) is 12.7. The maximum atomic E-state index is 6.64. The van der Waals surface area contributed by atoms with Gasteiger partial charge < -0.3 is 14.6 Å². The molecule has 2 aliphatic rings. The number of hydrogen-bond donors (Lipinski definition) is 1. The van der Waals surface area contributed by atoms with E-state index in [4.69, 9.17) is 4.42 Å². The minimum absolute atomic E-state index is 0.466. The molecule has 0 atom stereocenters. The summed E-state index contributed by atoms with van der Waals surface area (Å²) in [6.07, 6.45) is 0. The van der Waals surface area contributed by atoms with E-state index in [1.165, 1.54) is 61.0 Å². The SMILES string of the molecule is c1ccc(-c2ccccc2Nc2cccc(-c3ccc(N(c4ccc(-c5cccc6oc7c8ccccc8ccc7c56)cc4)c4cccc5c4-c4ccccc4C54c5ccccc5-c5ccccc54)cc3)c2)cc1. The fourth-order valence-corrected chi connectivity index (χ4v) is 12.5. The van der Waals surface area contributed by atoms with Gasteiger partial charge in [0.1, 0.15) is 11.2 Å². The molecule has 1 heterocycles. The first-order valence-electron chi connectivity index (χ1n) is 25.5. The highest BCUT2D eigenvalue weighted by atomic mass is 16.3. The van der Waals surface area contributed by atoms with Crippen molar-refractivity contribution < 1.29 is 4.42 Å². The maximum Gasteiger partial charge on any atom is 0.143 e. The van der Waals surface area contributed by atoms with Crippen molar-refractivity contribution in [3.8, 4) is 55.6 Å². The first-order valence-corrected chi connectivity index (χ1v) is 25.5. The molecule has 0 fully saturated rings. The Bertz CT molecular complexity index is 4290. The molecule has 12 aromatic carbocycles.